The smallest absolute Gasteiger partial charge is 0.248 e. The number of β-amino-alcohol motifs (C(OH)–C–C–N with tert-alkyl or cyclic N) is 1. The number of aliphatic hydroxyl groups excluding tert-OH is 3. The Hall–Kier alpha value is -7.18. The minimum atomic E-state index is -1.62. The lowest BCUT2D eigenvalue weighted by Gasteiger charge is -2.39. The van der Waals surface area contributed by atoms with Gasteiger partial charge in [0.25, 0.3) is 0 Å². The molecule has 1 aliphatic heterocycles. The van der Waals surface area contributed by atoms with E-state index < -0.39 is 150 Å². The van der Waals surface area contributed by atoms with Crippen LogP contribution in [0.25, 0.3) is 0 Å². The number of hydrogen-bond donors (Lipinski definition) is 9. The van der Waals surface area contributed by atoms with Crippen molar-refractivity contribution in [2.45, 2.75) is 273 Å². The third-order valence-electron chi connectivity index (χ3n) is 21.1. The Bertz CT molecular complexity index is 3100. The second kappa shape index (κ2) is 48.0. The number of rotatable bonds is 49. The molecule has 14 atom stereocenters. The first-order valence-corrected chi connectivity index (χ1v) is 40.0. The maximum Gasteiger partial charge on any atom is 0.248 e. The Morgan fingerprint density at radius 2 is 1.05 bits per heavy atom. The number of ketones is 1. The van der Waals surface area contributed by atoms with Gasteiger partial charge in [0.05, 0.1) is 31.4 Å². The van der Waals surface area contributed by atoms with Crippen LogP contribution in [0.5, 0.6) is 0 Å². The van der Waals surface area contributed by atoms with Crippen molar-refractivity contribution in [3.63, 3.8) is 0 Å². The highest BCUT2D eigenvalue weighted by atomic mass is 16.3. The molecule has 1 fully saturated rings. The van der Waals surface area contributed by atoms with Gasteiger partial charge in [0.1, 0.15) is 60.4 Å². The molecule has 9 N–H and O–H groups in total. The van der Waals surface area contributed by atoms with Gasteiger partial charge in [-0.3, -0.25) is 62.4 Å². The van der Waals surface area contributed by atoms with Gasteiger partial charge in [-0.1, -0.05) is 134 Å². The number of carbonyl (C=O) groups excluding carboxylic acids is 12. The van der Waals surface area contributed by atoms with Gasteiger partial charge in [-0.05, 0) is 145 Å². The fraction of sp³-hybridized carbons (Fsp3) is 0.778. The van der Waals surface area contributed by atoms with Gasteiger partial charge >= 0.3 is 0 Å². The topological polar surface area (TPSA) is 364 Å². The van der Waals surface area contributed by atoms with Gasteiger partial charge < -0.3 is 81.5 Å². The van der Waals surface area contributed by atoms with Gasteiger partial charge in [-0.15, -0.1) is 0 Å². The summed E-state index contributed by atoms with van der Waals surface area (Å²) in [7, 11) is 13.4. The molecule has 14 unspecified atom stereocenters. The maximum absolute atomic E-state index is 15.1. The monoisotopic (exact) mass is 1550 g/mol. The summed E-state index contributed by atoms with van der Waals surface area (Å²) in [5, 5.41) is 51.6. The molecule has 110 heavy (non-hydrogen) atoms. The fourth-order valence-corrected chi connectivity index (χ4v) is 14.1. The lowest BCUT2D eigenvalue weighted by Crippen LogP contribution is -2.63. The van der Waals surface area contributed by atoms with Gasteiger partial charge in [-0.25, -0.2) is 0 Å². The number of amides is 11. The van der Waals surface area contributed by atoms with E-state index in [0.717, 1.165) is 26.7 Å². The predicted octanol–water partition coefficient (Wildman–Crippen LogP) is 3.29. The third kappa shape index (κ3) is 30.1. The number of likely N-dealkylation sites (tertiary alicyclic amines) is 1. The molecule has 1 aromatic rings. The minimum absolute atomic E-state index is 0.0104. The molecule has 11 amide bonds. The summed E-state index contributed by atoms with van der Waals surface area (Å²) in [4.78, 5) is 183. The molecular formula is C81H144N14O15. The average Bonchev–Trinajstić information content (AvgIpc) is 1.24. The van der Waals surface area contributed by atoms with Crippen LogP contribution in [-0.2, 0) is 64.0 Å². The molecule has 0 spiro atoms. The molecule has 0 aliphatic carbocycles. The molecular weight excluding hydrogens is 1410 g/mol. The van der Waals surface area contributed by atoms with E-state index in [1.807, 2.05) is 97.7 Å². The van der Waals surface area contributed by atoms with Crippen molar-refractivity contribution in [1.29, 1.82) is 0 Å². The van der Waals surface area contributed by atoms with E-state index in [1.165, 1.54) is 68.8 Å². The van der Waals surface area contributed by atoms with Crippen molar-refractivity contribution in [2.75, 3.05) is 96.2 Å². The van der Waals surface area contributed by atoms with Crippen LogP contribution >= 0.6 is 0 Å². The summed E-state index contributed by atoms with van der Waals surface area (Å²) in [6.07, 6.45) is 2.04. The fourth-order valence-electron chi connectivity index (χ4n) is 14.1. The Labute approximate surface area is 657 Å². The molecule has 1 saturated heterocycles. The molecule has 29 heteroatoms. The molecule has 0 aromatic heterocycles. The van der Waals surface area contributed by atoms with E-state index in [4.69, 9.17) is 0 Å². The second-order valence-electron chi connectivity index (χ2n) is 33.4. The van der Waals surface area contributed by atoms with Crippen molar-refractivity contribution >= 4 is 70.8 Å². The van der Waals surface area contributed by atoms with Crippen molar-refractivity contribution in [3.05, 3.63) is 35.9 Å². The lowest BCUT2D eigenvalue weighted by molar-refractivity contribution is -0.154. The molecule has 0 radical (unpaired) electrons. The SMILES string of the molecule is CCC(NC(=O)C(C(O)C(C)C)N(C)C(=O)C(C(C)C)N(C)C(=O)CCC(C)C)C(=O)N(C)C(CO)C(=O)N(C)C(CC(C)C)C(=O)NC(C(=O)N(C)C(CC(C)C)C(=O)NC(CCCCNCC(=O)C1CCCN1CC(O)C(Cc1ccccc1)NC)C(=O)NC(C)C(=O)N(C)C(CC(C)C)C(=O)N(C)C)C(C)C. The van der Waals surface area contributed by atoms with Crippen molar-refractivity contribution < 1.29 is 72.9 Å². The molecule has 2 rings (SSSR count). The molecule has 628 valence electrons. The zero-order valence-electron chi connectivity index (χ0n) is 71.4. The van der Waals surface area contributed by atoms with Crippen molar-refractivity contribution in [1.82, 2.24) is 71.1 Å². The molecule has 1 aromatic carbocycles. The first-order valence-electron chi connectivity index (χ1n) is 40.0. The second-order valence-corrected chi connectivity index (χ2v) is 33.4. The number of hydrogen-bond acceptors (Lipinski definition) is 18. The summed E-state index contributed by atoms with van der Waals surface area (Å²) >= 11 is 0. The number of likely N-dealkylation sites (N-methyl/N-ethyl adjacent to an activating group) is 8. The summed E-state index contributed by atoms with van der Waals surface area (Å²) in [5.74, 6) is -8.88. The van der Waals surface area contributed by atoms with Crippen LogP contribution in [0.2, 0.25) is 0 Å². The zero-order chi connectivity index (χ0) is 84.0. The normalized spacial score (nSPS) is 16.9. The van der Waals surface area contributed by atoms with Crippen LogP contribution in [0.1, 0.15) is 187 Å². The lowest BCUT2D eigenvalue weighted by atomic mass is 9.94. The Morgan fingerprint density at radius 1 is 0.518 bits per heavy atom. The van der Waals surface area contributed by atoms with Crippen molar-refractivity contribution in [3.8, 4) is 0 Å². The highest BCUT2D eigenvalue weighted by molar-refractivity contribution is 5.99. The van der Waals surface area contributed by atoms with Crippen LogP contribution in [0, 0.1) is 41.4 Å². The third-order valence-corrected chi connectivity index (χ3v) is 21.1. The summed E-state index contributed by atoms with van der Waals surface area (Å²) < 4.78 is 0. The van der Waals surface area contributed by atoms with E-state index in [0.29, 0.717) is 58.2 Å². The average molecular weight is 1550 g/mol. The highest BCUT2D eigenvalue weighted by Crippen LogP contribution is 2.25. The quantitative estimate of drug-likeness (QED) is 0.0423. The van der Waals surface area contributed by atoms with Crippen LogP contribution in [0.15, 0.2) is 30.3 Å². The zero-order valence-corrected chi connectivity index (χ0v) is 71.4. The van der Waals surface area contributed by atoms with E-state index in [2.05, 4.69) is 31.9 Å². The van der Waals surface area contributed by atoms with Crippen LogP contribution < -0.4 is 31.9 Å². The molecule has 29 nitrogen and oxygen atoms in total. The number of aliphatic hydroxyl groups is 3. The highest BCUT2D eigenvalue weighted by Gasteiger charge is 2.45. The number of Topliss-reactive ketones (excluding diaryl/α,β-unsaturated/α-hetero) is 1. The van der Waals surface area contributed by atoms with Crippen molar-refractivity contribution in [2.24, 2.45) is 41.4 Å². The number of nitrogens with zero attached hydrogens (tertiary/aromatic N) is 8. The molecule has 0 saturated carbocycles. The van der Waals surface area contributed by atoms with E-state index >= 15 is 9.59 Å². The van der Waals surface area contributed by atoms with Gasteiger partial charge in [0.15, 0.2) is 5.78 Å². The number of benzene rings is 1. The minimum Gasteiger partial charge on any atom is -0.394 e. The van der Waals surface area contributed by atoms with Crippen LogP contribution in [0.4, 0.5) is 0 Å². The van der Waals surface area contributed by atoms with E-state index in [9.17, 15) is 63.3 Å². The Kier molecular flexibility index (Phi) is 43.2. The number of nitrogens with one attached hydrogen (secondary N) is 6. The van der Waals surface area contributed by atoms with Gasteiger partial charge in [0, 0.05) is 75.4 Å². The molecule has 1 aliphatic rings. The largest absolute Gasteiger partial charge is 0.394 e. The van der Waals surface area contributed by atoms with Crippen LogP contribution in [-0.4, -0.2) is 306 Å². The van der Waals surface area contributed by atoms with Gasteiger partial charge in [-0.2, -0.15) is 0 Å². The standard InChI is InChI=1S/C81H144N14O15/c1-26-57(85-75(104)70(71(100)54(14)15)94(25)81(110)69(53(12)13)93(24)67(99)38-37-48(2)3)77(106)92(23)64(47-96)79(108)89(20)62(42-50(6)7)74(103)87-68(52(10)11)80(109)90(21)61(41-49(4)5)73(102)86-58(72(101)84-55(16)76(105)91(22)63(43-51(8)9)78(107)88(18)19)35-30-31-39-83-45-65(97)60-36-32-40-95(60)46-66(98)59(82-17)44-56-33-28-27-29-34-56/h27-29,33-34,48-55,57-64,66,68-71,82-83,96,98,100H,26,30-32,35-47H2,1-25H3,(H,84,101)(H,85,104)(H,86,102)(H,87,103). The van der Waals surface area contributed by atoms with Gasteiger partial charge in [0.2, 0.25) is 65.0 Å². The first-order chi connectivity index (χ1) is 51.3. The first kappa shape index (κ1) is 98.9. The Balaban J connectivity index is 2.50. The molecule has 1 heterocycles. The van der Waals surface area contributed by atoms with Crippen LogP contribution in [0.3, 0.4) is 0 Å². The summed E-state index contributed by atoms with van der Waals surface area (Å²) in [6.45, 7) is 29.1. The van der Waals surface area contributed by atoms with E-state index in [1.54, 1.807) is 62.6 Å². The molecule has 0 bridgehead atoms. The maximum atomic E-state index is 15.1. The predicted molar refractivity (Wildman–Crippen MR) is 427 cm³/mol. The van der Waals surface area contributed by atoms with E-state index in [-0.39, 0.29) is 92.0 Å². The summed E-state index contributed by atoms with van der Waals surface area (Å²) in [5.41, 5.74) is 1.08. The number of unbranched alkanes of at least 4 members (excludes halogenated alkanes) is 1. The Morgan fingerprint density at radius 3 is 1.55 bits per heavy atom. The number of carbonyl (C=O) groups is 12. The summed E-state index contributed by atoms with van der Waals surface area (Å²) in [6, 6.07) is -3.31.